The summed E-state index contributed by atoms with van der Waals surface area (Å²) in [5.41, 5.74) is 1.44. The number of rotatable bonds is 10. The third-order valence-corrected chi connectivity index (χ3v) is 16.6. The third-order valence-electron chi connectivity index (χ3n) is 11.8. The Hall–Kier alpha value is -4.23. The first-order chi connectivity index (χ1) is 25.4. The molecule has 1 aromatic heterocycles. The zero-order valence-electron chi connectivity index (χ0n) is 30.8. The normalized spacial score (nSPS) is 23.9. The van der Waals surface area contributed by atoms with E-state index in [0.717, 1.165) is 39.9 Å². The molecule has 3 aliphatic rings. The standard InChI is InChI=1S/C41H46BrN3O7Si/c1-26-38(53(4,5)32-17-15-31(50-2)16-18-32)36(23-37(47)43-20-6-8-30(43)25-46)52-41(26)33-22-28(42)12-19-34(33)45(40(41)49)24-27-10-13-29(14-11-27)44-21-7-9-35(51-3)39(44)48/h7,9-19,21-22,26,30,36,38,46H,6,8,20,23-25H2,1-5H3/t26-,30-,36+,38-,41+/m0/s1. The Kier molecular flexibility index (Phi) is 10.2. The molecule has 12 heteroatoms. The zero-order valence-corrected chi connectivity index (χ0v) is 33.3. The maximum absolute atomic E-state index is 15.2. The average molecular weight is 801 g/mol. The Labute approximate surface area is 319 Å². The summed E-state index contributed by atoms with van der Waals surface area (Å²) < 4.78 is 20.3. The van der Waals surface area contributed by atoms with E-state index in [2.05, 4.69) is 48.1 Å². The largest absolute Gasteiger partial charge is 0.497 e. The van der Waals surface area contributed by atoms with Gasteiger partial charge in [-0.1, -0.05) is 65.4 Å². The second kappa shape index (κ2) is 14.5. The lowest BCUT2D eigenvalue weighted by Gasteiger charge is -2.37. The van der Waals surface area contributed by atoms with Crippen molar-refractivity contribution in [2.24, 2.45) is 5.92 Å². The molecule has 2 saturated heterocycles. The number of methoxy groups -OCH3 is 2. The molecule has 2 fully saturated rings. The number of hydrogen-bond acceptors (Lipinski definition) is 7. The molecule has 5 atom stereocenters. The fraction of sp³-hybridized carbons (Fsp3) is 0.390. The molecule has 0 bridgehead atoms. The molecule has 278 valence electrons. The van der Waals surface area contributed by atoms with Gasteiger partial charge < -0.3 is 29.1 Å². The third kappa shape index (κ3) is 6.33. The molecule has 1 spiro atoms. The highest BCUT2D eigenvalue weighted by Crippen LogP contribution is 2.60. The van der Waals surface area contributed by atoms with Crippen LogP contribution in [-0.4, -0.2) is 74.0 Å². The van der Waals surface area contributed by atoms with Crippen molar-refractivity contribution in [1.29, 1.82) is 0 Å². The van der Waals surface area contributed by atoms with E-state index in [0.29, 0.717) is 12.2 Å². The number of halogens is 1. The van der Waals surface area contributed by atoms with Gasteiger partial charge in [0, 0.05) is 34.4 Å². The van der Waals surface area contributed by atoms with Crippen molar-refractivity contribution < 1.29 is 28.9 Å². The van der Waals surface area contributed by atoms with Crippen molar-refractivity contribution in [2.45, 2.75) is 69.1 Å². The second-order valence-electron chi connectivity index (χ2n) is 14.9. The first-order valence-corrected chi connectivity index (χ1v) is 22.0. The first kappa shape index (κ1) is 37.1. The van der Waals surface area contributed by atoms with Crippen molar-refractivity contribution in [3.8, 4) is 17.2 Å². The minimum Gasteiger partial charge on any atom is -0.497 e. The van der Waals surface area contributed by atoms with Crippen LogP contribution in [0.3, 0.4) is 0 Å². The maximum Gasteiger partial charge on any atom is 0.297 e. The number of pyridine rings is 1. The molecule has 4 heterocycles. The number of carbonyl (C=O) groups excluding carboxylic acids is 2. The van der Waals surface area contributed by atoms with Gasteiger partial charge in [-0.3, -0.25) is 19.0 Å². The van der Waals surface area contributed by atoms with Gasteiger partial charge in [0.25, 0.3) is 11.5 Å². The average Bonchev–Trinajstić information content (AvgIpc) is 3.82. The van der Waals surface area contributed by atoms with E-state index in [1.807, 2.05) is 54.6 Å². The quantitative estimate of drug-likeness (QED) is 0.204. The van der Waals surface area contributed by atoms with Crippen molar-refractivity contribution in [2.75, 3.05) is 32.3 Å². The number of aliphatic hydroxyl groups is 1. The van der Waals surface area contributed by atoms with E-state index in [-0.39, 0.29) is 60.2 Å². The Morgan fingerprint density at radius 2 is 1.75 bits per heavy atom. The van der Waals surface area contributed by atoms with E-state index in [1.165, 1.54) is 16.9 Å². The van der Waals surface area contributed by atoms with E-state index in [4.69, 9.17) is 14.2 Å². The van der Waals surface area contributed by atoms with Crippen molar-refractivity contribution in [3.05, 3.63) is 111 Å². The second-order valence-corrected chi connectivity index (χ2v) is 20.5. The fourth-order valence-corrected chi connectivity index (χ4v) is 13.4. The molecule has 7 rings (SSSR count). The van der Waals surface area contributed by atoms with Crippen LogP contribution >= 0.6 is 15.9 Å². The summed E-state index contributed by atoms with van der Waals surface area (Å²) in [6, 6.07) is 24.8. The van der Waals surface area contributed by atoms with Crippen molar-refractivity contribution in [1.82, 2.24) is 9.47 Å². The Balaban J connectivity index is 1.26. The van der Waals surface area contributed by atoms with Crippen LogP contribution in [0.4, 0.5) is 5.69 Å². The number of benzene rings is 3. The van der Waals surface area contributed by atoms with E-state index in [1.54, 1.807) is 35.2 Å². The predicted octanol–water partition coefficient (Wildman–Crippen LogP) is 5.75. The van der Waals surface area contributed by atoms with E-state index >= 15 is 4.79 Å². The van der Waals surface area contributed by atoms with Gasteiger partial charge >= 0.3 is 0 Å². The number of amides is 2. The van der Waals surface area contributed by atoms with Crippen LogP contribution in [-0.2, 0) is 26.5 Å². The van der Waals surface area contributed by atoms with Crippen LogP contribution in [0.25, 0.3) is 5.69 Å². The number of fused-ring (bicyclic) bond motifs is 2. The minimum absolute atomic E-state index is 0.0488. The summed E-state index contributed by atoms with van der Waals surface area (Å²) in [5, 5.41) is 11.2. The molecule has 0 radical (unpaired) electrons. The smallest absolute Gasteiger partial charge is 0.297 e. The summed E-state index contributed by atoms with van der Waals surface area (Å²) in [6.45, 7) is 7.55. The van der Waals surface area contributed by atoms with Gasteiger partial charge in [0.05, 0.1) is 59.7 Å². The Morgan fingerprint density at radius 3 is 2.43 bits per heavy atom. The van der Waals surface area contributed by atoms with Crippen LogP contribution < -0.4 is 25.1 Å². The van der Waals surface area contributed by atoms with Gasteiger partial charge in [-0.15, -0.1) is 0 Å². The van der Waals surface area contributed by atoms with Crippen LogP contribution in [0.1, 0.15) is 37.3 Å². The molecule has 2 amide bonds. The summed E-state index contributed by atoms with van der Waals surface area (Å²) in [5.74, 6) is 0.547. The number of ether oxygens (including phenoxy) is 3. The number of likely N-dealkylation sites (tertiary alicyclic amines) is 1. The Bertz CT molecular complexity index is 2070. The maximum atomic E-state index is 15.2. The van der Waals surface area contributed by atoms with Gasteiger partial charge in [-0.05, 0) is 78.5 Å². The van der Waals surface area contributed by atoms with Crippen LogP contribution in [0.5, 0.6) is 11.5 Å². The molecule has 0 aliphatic carbocycles. The lowest BCUT2D eigenvalue weighted by atomic mass is 9.82. The molecule has 0 unspecified atom stereocenters. The zero-order chi connectivity index (χ0) is 37.7. The summed E-state index contributed by atoms with van der Waals surface area (Å²) in [7, 11) is 0.658. The molecule has 3 aromatic carbocycles. The molecular weight excluding hydrogens is 754 g/mol. The molecule has 10 nitrogen and oxygen atoms in total. The monoisotopic (exact) mass is 799 g/mol. The SMILES string of the molecule is COc1ccc([Si](C)(C)[C@@H]2[C@@H](CC(=O)N3CCC[C@H]3CO)O[C@]3(C(=O)N(Cc4ccc(-n5cccc(OC)c5=O)cc4)c4ccc(Br)cc43)[C@H]2C)cc1. The van der Waals surface area contributed by atoms with Gasteiger partial charge in [-0.2, -0.15) is 0 Å². The summed E-state index contributed by atoms with van der Waals surface area (Å²) >= 11 is 3.68. The molecule has 3 aliphatic heterocycles. The van der Waals surface area contributed by atoms with Crippen molar-refractivity contribution >= 4 is 46.7 Å². The van der Waals surface area contributed by atoms with Gasteiger partial charge in [0.1, 0.15) is 5.75 Å². The van der Waals surface area contributed by atoms with Crippen LogP contribution in [0, 0.1) is 5.92 Å². The van der Waals surface area contributed by atoms with Gasteiger partial charge in [0.15, 0.2) is 11.4 Å². The highest BCUT2D eigenvalue weighted by atomic mass is 79.9. The van der Waals surface area contributed by atoms with Crippen LogP contribution in [0.15, 0.2) is 94.3 Å². The number of nitrogens with zero attached hydrogens (tertiary/aromatic N) is 3. The molecule has 4 aromatic rings. The fourth-order valence-electron chi connectivity index (χ4n) is 9.06. The van der Waals surface area contributed by atoms with Crippen molar-refractivity contribution in [3.63, 3.8) is 0 Å². The Morgan fingerprint density at radius 1 is 1.02 bits per heavy atom. The summed E-state index contributed by atoms with van der Waals surface area (Å²) in [6.07, 6.45) is 2.92. The summed E-state index contributed by atoms with van der Waals surface area (Å²) in [4.78, 5) is 45.7. The predicted molar refractivity (Wildman–Crippen MR) is 210 cm³/mol. The van der Waals surface area contributed by atoms with E-state index in [9.17, 15) is 14.7 Å². The minimum atomic E-state index is -2.46. The highest BCUT2D eigenvalue weighted by Gasteiger charge is 2.66. The van der Waals surface area contributed by atoms with E-state index < -0.39 is 19.8 Å². The number of anilines is 1. The number of aromatic nitrogens is 1. The lowest BCUT2D eigenvalue weighted by molar-refractivity contribution is -0.150. The van der Waals surface area contributed by atoms with Gasteiger partial charge in [-0.25, -0.2) is 0 Å². The topological polar surface area (TPSA) is 111 Å². The van der Waals surface area contributed by atoms with Crippen LogP contribution in [0.2, 0.25) is 18.6 Å². The highest BCUT2D eigenvalue weighted by molar-refractivity contribution is 9.10. The number of carbonyl (C=O) groups is 2. The van der Waals surface area contributed by atoms with Gasteiger partial charge in [0.2, 0.25) is 5.91 Å². The first-order valence-electron chi connectivity index (χ1n) is 18.1. The molecule has 53 heavy (non-hydrogen) atoms. The molecule has 1 N–H and O–H groups in total. The molecular formula is C41H46BrN3O7Si. The number of hydrogen-bond donors (Lipinski definition) is 1. The molecule has 0 saturated carbocycles. The number of aliphatic hydroxyl groups excluding tert-OH is 1. The lowest BCUT2D eigenvalue weighted by Crippen LogP contribution is -2.52.